The summed E-state index contributed by atoms with van der Waals surface area (Å²) < 4.78 is 7.00. The van der Waals surface area contributed by atoms with Crippen molar-refractivity contribution >= 4 is 39.7 Å². The van der Waals surface area contributed by atoms with Gasteiger partial charge in [-0.15, -0.1) is 0 Å². The molecule has 0 aliphatic carbocycles. The van der Waals surface area contributed by atoms with Gasteiger partial charge in [-0.3, -0.25) is 4.98 Å². The molecule has 0 atom stereocenters. The second kappa shape index (κ2) is 3.69. The predicted octanol–water partition coefficient (Wildman–Crippen LogP) is 2.18. The molecule has 0 radical (unpaired) electrons. The van der Waals surface area contributed by atoms with Gasteiger partial charge in [0.25, 0.3) is 0 Å². The smallest absolute Gasteiger partial charge is 0.416 e. The lowest BCUT2D eigenvalue weighted by molar-refractivity contribution is 0.197. The van der Waals surface area contributed by atoms with Crippen LogP contribution in [0.1, 0.15) is 0 Å². The van der Waals surface area contributed by atoms with E-state index in [-0.39, 0.29) is 0 Å². The van der Waals surface area contributed by atoms with Crippen LogP contribution in [-0.2, 0) is 0 Å². The molecule has 2 heterocycles. The molecule has 78 valence electrons. The molecule has 0 spiro atoms. The highest BCUT2D eigenvalue weighted by Crippen LogP contribution is 2.28. The Kier molecular flexibility index (Phi) is 2.51. The lowest BCUT2D eigenvalue weighted by Crippen LogP contribution is -2.06. The summed E-state index contributed by atoms with van der Waals surface area (Å²) in [5.41, 5.74) is 1.12. The Morgan fingerprint density at radius 2 is 2.40 bits per heavy atom. The van der Waals surface area contributed by atoms with E-state index in [0.29, 0.717) is 16.8 Å². The van der Waals surface area contributed by atoms with Gasteiger partial charge in [0, 0.05) is 18.5 Å². The minimum absolute atomic E-state index is 0.483. The molecule has 2 rings (SSSR count). The molecule has 0 amide bonds. The van der Waals surface area contributed by atoms with Crippen LogP contribution in [0.25, 0.3) is 11.0 Å². The summed E-state index contributed by atoms with van der Waals surface area (Å²) in [5, 5.41) is 8.99. The van der Waals surface area contributed by atoms with Crippen LogP contribution in [0.5, 0.6) is 5.75 Å². The third-order valence-electron chi connectivity index (χ3n) is 2.02. The molecule has 0 unspecified atom stereocenters. The molecule has 15 heavy (non-hydrogen) atoms. The number of ether oxygens (including phenoxy) is 1. The van der Waals surface area contributed by atoms with Gasteiger partial charge in [0.1, 0.15) is 16.8 Å². The summed E-state index contributed by atoms with van der Waals surface area (Å²) in [6.07, 6.45) is 2.06. The van der Waals surface area contributed by atoms with E-state index in [1.165, 1.54) is 13.3 Å². The Morgan fingerprint density at radius 3 is 3.00 bits per heavy atom. The fourth-order valence-electron chi connectivity index (χ4n) is 1.40. The van der Waals surface area contributed by atoms with E-state index in [2.05, 4.69) is 4.98 Å². The van der Waals surface area contributed by atoms with E-state index in [4.69, 9.17) is 9.84 Å². The third-order valence-corrected chi connectivity index (χ3v) is 2.81. The van der Waals surface area contributed by atoms with Crippen molar-refractivity contribution < 1.29 is 14.6 Å². The van der Waals surface area contributed by atoms with Gasteiger partial charge < -0.3 is 9.84 Å². The van der Waals surface area contributed by atoms with Crippen LogP contribution < -0.4 is 4.74 Å². The van der Waals surface area contributed by atoms with E-state index in [1.807, 2.05) is 22.6 Å². The normalized spacial score (nSPS) is 10.5. The third kappa shape index (κ3) is 1.54. The first-order valence-electron chi connectivity index (χ1n) is 4.08. The summed E-state index contributed by atoms with van der Waals surface area (Å²) in [4.78, 5) is 15.1. The summed E-state index contributed by atoms with van der Waals surface area (Å²) in [5.74, 6) is 0.505. The lowest BCUT2D eigenvalue weighted by Gasteiger charge is -2.03. The number of nitrogens with zero attached hydrogens (tertiary/aromatic N) is 2. The number of rotatable bonds is 1. The monoisotopic (exact) mass is 318 g/mol. The summed E-state index contributed by atoms with van der Waals surface area (Å²) in [6, 6.07) is 1.64. The maximum absolute atomic E-state index is 11.0. The molecule has 0 aliphatic rings. The summed E-state index contributed by atoms with van der Waals surface area (Å²) >= 11 is 2.04. The largest absolute Gasteiger partial charge is 0.494 e. The van der Waals surface area contributed by atoms with E-state index >= 15 is 0 Å². The number of aromatic nitrogens is 2. The van der Waals surface area contributed by atoms with Crippen LogP contribution in [-0.4, -0.2) is 27.9 Å². The van der Waals surface area contributed by atoms with E-state index in [0.717, 1.165) is 8.14 Å². The molecule has 0 fully saturated rings. The van der Waals surface area contributed by atoms with Crippen molar-refractivity contribution in [2.24, 2.45) is 0 Å². The van der Waals surface area contributed by atoms with Crippen molar-refractivity contribution in [1.82, 2.24) is 9.55 Å². The number of hydrogen-bond donors (Lipinski definition) is 1. The average Bonchev–Trinajstić information content (AvgIpc) is 2.56. The molecule has 0 aliphatic heterocycles. The first kappa shape index (κ1) is 10.2. The highest BCUT2D eigenvalue weighted by molar-refractivity contribution is 14.1. The molecule has 5 nitrogen and oxygen atoms in total. The van der Waals surface area contributed by atoms with E-state index in [1.54, 1.807) is 12.3 Å². The van der Waals surface area contributed by atoms with Crippen LogP contribution in [0.4, 0.5) is 4.79 Å². The zero-order valence-electron chi connectivity index (χ0n) is 7.77. The quantitative estimate of drug-likeness (QED) is 0.819. The number of methoxy groups -OCH3 is 1. The predicted molar refractivity (Wildman–Crippen MR) is 62.4 cm³/mol. The zero-order chi connectivity index (χ0) is 11.0. The number of carbonyl (C=O) groups is 1. The highest BCUT2D eigenvalue weighted by Gasteiger charge is 2.15. The highest BCUT2D eigenvalue weighted by atomic mass is 127. The Bertz CT molecular complexity index is 535. The van der Waals surface area contributed by atoms with Crippen molar-refractivity contribution in [3.8, 4) is 5.75 Å². The fourth-order valence-corrected chi connectivity index (χ4v) is 2.07. The SMILES string of the molecule is COc1ccnc2c(I)cn(C(=O)O)c12. The van der Waals surface area contributed by atoms with Crippen LogP contribution in [0.3, 0.4) is 0 Å². The van der Waals surface area contributed by atoms with Crippen molar-refractivity contribution in [3.63, 3.8) is 0 Å². The van der Waals surface area contributed by atoms with Crippen molar-refractivity contribution in [2.75, 3.05) is 7.11 Å². The Balaban J connectivity index is 2.88. The number of carboxylic acid groups (broad SMARTS) is 1. The first-order valence-corrected chi connectivity index (χ1v) is 5.16. The van der Waals surface area contributed by atoms with Crippen molar-refractivity contribution in [1.29, 1.82) is 0 Å². The minimum Gasteiger partial charge on any atom is -0.494 e. The van der Waals surface area contributed by atoms with Gasteiger partial charge in [0.2, 0.25) is 0 Å². The fraction of sp³-hybridized carbons (Fsp3) is 0.111. The number of hydrogen-bond acceptors (Lipinski definition) is 3. The average molecular weight is 318 g/mol. The molecular weight excluding hydrogens is 311 g/mol. The molecule has 0 saturated heterocycles. The first-order chi connectivity index (χ1) is 7.15. The van der Waals surface area contributed by atoms with Gasteiger partial charge in [0.15, 0.2) is 0 Å². The van der Waals surface area contributed by atoms with Gasteiger partial charge >= 0.3 is 6.09 Å². The summed E-state index contributed by atoms with van der Waals surface area (Å²) in [7, 11) is 1.50. The zero-order valence-corrected chi connectivity index (χ0v) is 9.93. The molecule has 0 saturated carbocycles. The molecule has 0 aromatic carbocycles. The van der Waals surface area contributed by atoms with Crippen molar-refractivity contribution in [2.45, 2.75) is 0 Å². The second-order valence-corrected chi connectivity index (χ2v) is 4.00. The van der Waals surface area contributed by atoms with Crippen molar-refractivity contribution in [3.05, 3.63) is 22.0 Å². The summed E-state index contributed by atoms with van der Waals surface area (Å²) in [6.45, 7) is 0. The van der Waals surface area contributed by atoms with Crippen LogP contribution in [0.2, 0.25) is 0 Å². The van der Waals surface area contributed by atoms with Crippen LogP contribution in [0, 0.1) is 3.57 Å². The minimum atomic E-state index is -1.05. The van der Waals surface area contributed by atoms with Gasteiger partial charge in [-0.25, -0.2) is 9.36 Å². The van der Waals surface area contributed by atoms with Gasteiger partial charge in [0.05, 0.1) is 10.7 Å². The molecule has 6 heteroatoms. The van der Waals surface area contributed by atoms with E-state index < -0.39 is 6.09 Å². The second-order valence-electron chi connectivity index (χ2n) is 2.84. The van der Waals surface area contributed by atoms with Gasteiger partial charge in [-0.1, -0.05) is 0 Å². The number of pyridine rings is 1. The maximum atomic E-state index is 11.0. The maximum Gasteiger partial charge on any atom is 0.416 e. The van der Waals surface area contributed by atoms with Crippen LogP contribution in [0.15, 0.2) is 18.5 Å². The topological polar surface area (TPSA) is 64.4 Å². The number of fused-ring (bicyclic) bond motifs is 1. The Hall–Kier alpha value is -1.31. The number of halogens is 1. The molecule has 1 N–H and O–H groups in total. The standard InChI is InChI=1S/C9H7IN2O3/c1-15-6-2-3-11-7-5(10)4-12(8(6)7)9(13)14/h2-4H,1H3,(H,13,14). The van der Waals surface area contributed by atoms with Crippen LogP contribution >= 0.6 is 22.6 Å². The molecule has 2 aromatic heterocycles. The molecular formula is C9H7IN2O3. The van der Waals surface area contributed by atoms with Gasteiger partial charge in [-0.2, -0.15) is 0 Å². The Morgan fingerprint density at radius 1 is 1.67 bits per heavy atom. The lowest BCUT2D eigenvalue weighted by atomic mass is 10.3. The molecule has 0 bridgehead atoms. The van der Waals surface area contributed by atoms with Gasteiger partial charge in [-0.05, 0) is 22.6 Å². The Labute approximate surface area is 98.8 Å². The van der Waals surface area contributed by atoms with E-state index in [9.17, 15) is 4.79 Å². The molecule has 2 aromatic rings.